The van der Waals surface area contributed by atoms with Crippen molar-refractivity contribution in [3.05, 3.63) is 11.4 Å². The molecule has 0 bridgehead atoms. The van der Waals surface area contributed by atoms with Crippen LogP contribution < -0.4 is 10.6 Å². The van der Waals surface area contributed by atoms with Gasteiger partial charge >= 0.3 is 0 Å². The van der Waals surface area contributed by atoms with Gasteiger partial charge in [-0.05, 0) is 45.4 Å². The molecule has 1 aliphatic carbocycles. The van der Waals surface area contributed by atoms with E-state index >= 15 is 0 Å². The van der Waals surface area contributed by atoms with E-state index in [2.05, 4.69) is 41.4 Å². The molecule has 0 amide bonds. The molecule has 0 aliphatic heterocycles. The zero-order chi connectivity index (χ0) is 13.2. The summed E-state index contributed by atoms with van der Waals surface area (Å²) in [7, 11) is 0. The normalized spacial score (nSPS) is 16.4. The summed E-state index contributed by atoms with van der Waals surface area (Å²) in [6, 6.07) is 0. The SMILES string of the molecule is CCNc1nc(C)nc(NCC2(CC)CC2)c1C. The van der Waals surface area contributed by atoms with E-state index in [4.69, 9.17) is 0 Å². The Hall–Kier alpha value is -1.32. The van der Waals surface area contributed by atoms with Gasteiger partial charge in [0.15, 0.2) is 0 Å². The van der Waals surface area contributed by atoms with Crippen molar-refractivity contribution in [3.63, 3.8) is 0 Å². The lowest BCUT2D eigenvalue weighted by molar-refractivity contribution is 0.520. The average molecular weight is 248 g/mol. The molecule has 2 N–H and O–H groups in total. The van der Waals surface area contributed by atoms with Crippen LogP contribution in [0.15, 0.2) is 0 Å². The zero-order valence-corrected chi connectivity index (χ0v) is 11.9. The first-order chi connectivity index (χ1) is 8.60. The monoisotopic (exact) mass is 248 g/mol. The number of aryl methyl sites for hydroxylation is 1. The van der Waals surface area contributed by atoms with Crippen LogP contribution in [0.3, 0.4) is 0 Å². The predicted octanol–water partition coefficient (Wildman–Crippen LogP) is 3.13. The van der Waals surface area contributed by atoms with Crippen LogP contribution in [0.1, 0.15) is 44.5 Å². The van der Waals surface area contributed by atoms with E-state index in [1.54, 1.807) is 0 Å². The Balaban J connectivity index is 2.11. The van der Waals surface area contributed by atoms with Crippen LogP contribution in [0.2, 0.25) is 0 Å². The number of hydrogen-bond donors (Lipinski definition) is 2. The minimum absolute atomic E-state index is 0.531. The number of aromatic nitrogens is 2. The molecule has 100 valence electrons. The Labute approximate surface area is 110 Å². The van der Waals surface area contributed by atoms with Crippen LogP contribution in [-0.4, -0.2) is 23.1 Å². The molecule has 0 radical (unpaired) electrons. The lowest BCUT2D eigenvalue weighted by atomic mass is 10.0. The summed E-state index contributed by atoms with van der Waals surface area (Å²) in [4.78, 5) is 8.96. The topological polar surface area (TPSA) is 49.8 Å². The van der Waals surface area contributed by atoms with Crippen molar-refractivity contribution in [1.29, 1.82) is 0 Å². The van der Waals surface area contributed by atoms with E-state index in [1.807, 2.05) is 6.92 Å². The fourth-order valence-corrected chi connectivity index (χ4v) is 2.24. The molecular weight excluding hydrogens is 224 g/mol. The molecule has 18 heavy (non-hydrogen) atoms. The predicted molar refractivity (Wildman–Crippen MR) is 76.1 cm³/mol. The van der Waals surface area contributed by atoms with E-state index in [0.29, 0.717) is 5.41 Å². The summed E-state index contributed by atoms with van der Waals surface area (Å²) in [6.45, 7) is 10.3. The second kappa shape index (κ2) is 5.12. The second-order valence-electron chi connectivity index (χ2n) is 5.33. The van der Waals surface area contributed by atoms with Crippen molar-refractivity contribution >= 4 is 11.6 Å². The fraction of sp³-hybridized carbons (Fsp3) is 0.714. The molecule has 1 fully saturated rings. The van der Waals surface area contributed by atoms with Crippen LogP contribution in [0.5, 0.6) is 0 Å². The summed E-state index contributed by atoms with van der Waals surface area (Å²) in [5.41, 5.74) is 1.65. The molecule has 1 heterocycles. The van der Waals surface area contributed by atoms with E-state index in [0.717, 1.165) is 36.1 Å². The summed E-state index contributed by atoms with van der Waals surface area (Å²) in [6.07, 6.45) is 3.95. The highest BCUT2D eigenvalue weighted by atomic mass is 15.1. The first-order valence-electron chi connectivity index (χ1n) is 6.93. The molecule has 1 aromatic rings. The number of rotatable bonds is 6. The lowest BCUT2D eigenvalue weighted by Gasteiger charge is -2.17. The van der Waals surface area contributed by atoms with Crippen LogP contribution in [0.25, 0.3) is 0 Å². The Morgan fingerprint density at radius 2 is 1.67 bits per heavy atom. The van der Waals surface area contributed by atoms with E-state index in [9.17, 15) is 0 Å². The van der Waals surface area contributed by atoms with E-state index in [-0.39, 0.29) is 0 Å². The standard InChI is InChI=1S/C14H24N4/c1-5-14(7-8-14)9-16-13-10(3)12(15-6-2)17-11(4)18-13/h5-9H2,1-4H3,(H2,15,16,17,18). The largest absolute Gasteiger partial charge is 0.370 e. The highest BCUT2D eigenvalue weighted by Crippen LogP contribution is 2.48. The maximum absolute atomic E-state index is 4.52. The number of anilines is 2. The van der Waals surface area contributed by atoms with Gasteiger partial charge in [0.25, 0.3) is 0 Å². The van der Waals surface area contributed by atoms with Gasteiger partial charge < -0.3 is 10.6 Å². The van der Waals surface area contributed by atoms with Crippen LogP contribution in [0, 0.1) is 19.3 Å². The Morgan fingerprint density at radius 1 is 1.06 bits per heavy atom. The zero-order valence-electron chi connectivity index (χ0n) is 11.9. The van der Waals surface area contributed by atoms with Gasteiger partial charge in [-0.3, -0.25) is 0 Å². The molecule has 4 nitrogen and oxygen atoms in total. The fourth-order valence-electron chi connectivity index (χ4n) is 2.24. The molecular formula is C14H24N4. The number of hydrogen-bond acceptors (Lipinski definition) is 4. The highest BCUT2D eigenvalue weighted by Gasteiger charge is 2.40. The van der Waals surface area contributed by atoms with Gasteiger partial charge in [-0.2, -0.15) is 0 Å². The first kappa shape index (κ1) is 13.1. The van der Waals surface area contributed by atoms with Crippen molar-refractivity contribution in [2.24, 2.45) is 5.41 Å². The maximum Gasteiger partial charge on any atom is 0.134 e. The van der Waals surface area contributed by atoms with Gasteiger partial charge in [0, 0.05) is 18.7 Å². The third-order valence-corrected chi connectivity index (χ3v) is 3.94. The summed E-state index contributed by atoms with van der Waals surface area (Å²) in [5, 5.41) is 6.81. The van der Waals surface area contributed by atoms with Crippen LogP contribution in [0.4, 0.5) is 11.6 Å². The Kier molecular flexibility index (Phi) is 3.73. The molecule has 2 rings (SSSR count). The maximum atomic E-state index is 4.52. The van der Waals surface area contributed by atoms with Crippen LogP contribution >= 0.6 is 0 Å². The molecule has 0 saturated heterocycles. The molecule has 1 saturated carbocycles. The molecule has 0 aromatic carbocycles. The minimum atomic E-state index is 0.531. The first-order valence-corrected chi connectivity index (χ1v) is 6.93. The van der Waals surface area contributed by atoms with Crippen molar-refractivity contribution < 1.29 is 0 Å². The van der Waals surface area contributed by atoms with E-state index in [1.165, 1.54) is 19.3 Å². The van der Waals surface area contributed by atoms with Gasteiger partial charge in [0.1, 0.15) is 17.5 Å². The number of nitrogens with one attached hydrogen (secondary N) is 2. The molecule has 0 spiro atoms. The molecule has 0 unspecified atom stereocenters. The summed E-state index contributed by atoms with van der Waals surface area (Å²) in [5.74, 6) is 2.76. The third kappa shape index (κ3) is 2.74. The Morgan fingerprint density at radius 3 is 2.17 bits per heavy atom. The summed E-state index contributed by atoms with van der Waals surface area (Å²) >= 11 is 0. The third-order valence-electron chi connectivity index (χ3n) is 3.94. The number of nitrogens with zero attached hydrogens (tertiary/aromatic N) is 2. The van der Waals surface area contributed by atoms with Gasteiger partial charge in [-0.25, -0.2) is 9.97 Å². The van der Waals surface area contributed by atoms with Gasteiger partial charge in [-0.15, -0.1) is 0 Å². The van der Waals surface area contributed by atoms with Gasteiger partial charge in [-0.1, -0.05) is 6.92 Å². The molecule has 0 atom stereocenters. The van der Waals surface area contributed by atoms with Gasteiger partial charge in [0.2, 0.25) is 0 Å². The van der Waals surface area contributed by atoms with Crippen LogP contribution in [-0.2, 0) is 0 Å². The summed E-state index contributed by atoms with van der Waals surface area (Å²) < 4.78 is 0. The lowest BCUT2D eigenvalue weighted by Crippen LogP contribution is -2.17. The van der Waals surface area contributed by atoms with Crippen molar-refractivity contribution in [3.8, 4) is 0 Å². The van der Waals surface area contributed by atoms with E-state index < -0.39 is 0 Å². The smallest absolute Gasteiger partial charge is 0.134 e. The minimum Gasteiger partial charge on any atom is -0.370 e. The highest BCUT2D eigenvalue weighted by molar-refractivity contribution is 5.57. The van der Waals surface area contributed by atoms with Crippen molar-refractivity contribution in [2.45, 2.75) is 47.0 Å². The molecule has 4 heteroatoms. The second-order valence-corrected chi connectivity index (χ2v) is 5.33. The van der Waals surface area contributed by atoms with Crippen molar-refractivity contribution in [1.82, 2.24) is 9.97 Å². The molecule has 1 aliphatic rings. The molecule has 1 aromatic heterocycles. The van der Waals surface area contributed by atoms with Gasteiger partial charge in [0.05, 0.1) is 0 Å². The quantitative estimate of drug-likeness (QED) is 0.812. The average Bonchev–Trinajstić information content (AvgIpc) is 3.12. The Bertz CT molecular complexity index is 424. The van der Waals surface area contributed by atoms with Crippen molar-refractivity contribution in [2.75, 3.05) is 23.7 Å².